The lowest BCUT2D eigenvalue weighted by molar-refractivity contribution is 0.0706. The number of amides is 2. The monoisotopic (exact) mass is 312 g/mol. The molecule has 2 amide bonds. The molecule has 0 aliphatic rings. The Kier molecular flexibility index (Phi) is 4.81. The summed E-state index contributed by atoms with van der Waals surface area (Å²) in [5.74, 6) is -0.809. The van der Waals surface area contributed by atoms with E-state index >= 15 is 0 Å². The molecular weight excluding hydrogens is 292 g/mol. The zero-order valence-electron chi connectivity index (χ0n) is 13.4. The van der Waals surface area contributed by atoms with Crippen LogP contribution in [0, 0.1) is 0 Å². The van der Waals surface area contributed by atoms with Gasteiger partial charge in [-0.05, 0) is 47.4 Å². The van der Waals surface area contributed by atoms with Crippen molar-refractivity contribution in [1.82, 2.24) is 5.48 Å². The zero-order valence-corrected chi connectivity index (χ0v) is 13.4. The Bertz CT molecular complexity index is 716. The molecule has 0 heterocycles. The molecule has 0 aliphatic heterocycles. The molecule has 5 nitrogen and oxygen atoms in total. The van der Waals surface area contributed by atoms with Crippen LogP contribution in [0.3, 0.4) is 0 Å². The van der Waals surface area contributed by atoms with E-state index in [1.54, 1.807) is 23.7 Å². The lowest BCUT2D eigenvalue weighted by Crippen LogP contribution is -2.18. The normalized spacial score (nSPS) is 11.0. The van der Waals surface area contributed by atoms with Crippen molar-refractivity contribution in [1.29, 1.82) is 0 Å². The molecule has 0 atom stereocenters. The van der Waals surface area contributed by atoms with Gasteiger partial charge in [0.1, 0.15) is 0 Å². The van der Waals surface area contributed by atoms with Gasteiger partial charge in [-0.25, -0.2) is 5.48 Å². The maximum absolute atomic E-state index is 12.3. The lowest BCUT2D eigenvalue weighted by atomic mass is 9.86. The SMILES string of the molecule is CC(C)(C)c1cccc(C(=O)Nc2ccc(C(=O)NO)cc2)c1. The molecule has 0 aromatic heterocycles. The zero-order chi connectivity index (χ0) is 17.0. The largest absolute Gasteiger partial charge is 0.322 e. The summed E-state index contributed by atoms with van der Waals surface area (Å²) in [6, 6.07) is 13.8. The molecule has 0 saturated carbocycles. The van der Waals surface area contributed by atoms with Crippen LogP contribution in [0.2, 0.25) is 0 Å². The van der Waals surface area contributed by atoms with Crippen molar-refractivity contribution in [3.8, 4) is 0 Å². The van der Waals surface area contributed by atoms with Crippen LogP contribution in [0.5, 0.6) is 0 Å². The third-order valence-corrected chi connectivity index (χ3v) is 3.50. The van der Waals surface area contributed by atoms with Gasteiger partial charge < -0.3 is 5.32 Å². The smallest absolute Gasteiger partial charge is 0.274 e. The fourth-order valence-corrected chi connectivity index (χ4v) is 2.10. The molecule has 0 aliphatic carbocycles. The summed E-state index contributed by atoms with van der Waals surface area (Å²) in [6.45, 7) is 6.28. The van der Waals surface area contributed by atoms with E-state index in [0.717, 1.165) is 5.56 Å². The molecule has 0 saturated heterocycles. The van der Waals surface area contributed by atoms with Gasteiger partial charge in [-0.1, -0.05) is 32.9 Å². The van der Waals surface area contributed by atoms with Crippen LogP contribution >= 0.6 is 0 Å². The summed E-state index contributed by atoms with van der Waals surface area (Å²) in [7, 11) is 0. The molecule has 0 fully saturated rings. The van der Waals surface area contributed by atoms with Gasteiger partial charge in [0.15, 0.2) is 0 Å². The highest BCUT2D eigenvalue weighted by molar-refractivity contribution is 6.04. The molecule has 3 N–H and O–H groups in total. The van der Waals surface area contributed by atoms with E-state index in [4.69, 9.17) is 5.21 Å². The van der Waals surface area contributed by atoms with Crippen LogP contribution in [0.4, 0.5) is 5.69 Å². The number of carbonyl (C=O) groups is 2. The van der Waals surface area contributed by atoms with Crippen molar-refractivity contribution in [3.63, 3.8) is 0 Å². The summed E-state index contributed by atoms with van der Waals surface area (Å²) in [6.07, 6.45) is 0. The molecule has 5 heteroatoms. The van der Waals surface area contributed by atoms with E-state index in [1.807, 2.05) is 18.2 Å². The third kappa shape index (κ3) is 4.17. The number of hydroxylamine groups is 1. The Hall–Kier alpha value is -2.66. The standard InChI is InChI=1S/C18H20N2O3/c1-18(2,3)14-6-4-5-13(11-14)16(21)19-15-9-7-12(8-10-15)17(22)20-23/h4-11,23H,1-3H3,(H,19,21)(H,20,22). The summed E-state index contributed by atoms with van der Waals surface area (Å²) in [4.78, 5) is 23.6. The van der Waals surface area contributed by atoms with E-state index in [9.17, 15) is 9.59 Å². The Balaban J connectivity index is 2.15. The average molecular weight is 312 g/mol. The van der Waals surface area contributed by atoms with Gasteiger partial charge in [-0.3, -0.25) is 14.8 Å². The molecule has 0 radical (unpaired) electrons. The Morgan fingerprint density at radius 2 is 1.57 bits per heavy atom. The summed E-state index contributed by atoms with van der Waals surface area (Å²) in [5.41, 5.74) is 4.07. The van der Waals surface area contributed by atoms with Gasteiger partial charge >= 0.3 is 0 Å². The average Bonchev–Trinajstić information content (AvgIpc) is 2.54. The van der Waals surface area contributed by atoms with Gasteiger partial charge in [-0.2, -0.15) is 0 Å². The summed E-state index contributed by atoms with van der Waals surface area (Å²) >= 11 is 0. The first-order chi connectivity index (χ1) is 10.8. The minimum absolute atomic E-state index is 0.0321. The molecule has 2 aromatic rings. The van der Waals surface area contributed by atoms with Gasteiger partial charge in [0.05, 0.1) is 0 Å². The van der Waals surface area contributed by atoms with Gasteiger partial charge in [0, 0.05) is 16.8 Å². The minimum Gasteiger partial charge on any atom is -0.322 e. The quantitative estimate of drug-likeness (QED) is 0.600. The van der Waals surface area contributed by atoms with Gasteiger partial charge in [0.25, 0.3) is 11.8 Å². The highest BCUT2D eigenvalue weighted by Gasteiger charge is 2.15. The van der Waals surface area contributed by atoms with Crippen molar-refractivity contribution in [2.75, 3.05) is 5.32 Å². The van der Waals surface area contributed by atoms with Crippen molar-refractivity contribution in [2.45, 2.75) is 26.2 Å². The maximum atomic E-state index is 12.3. The van der Waals surface area contributed by atoms with Crippen LogP contribution in [0.25, 0.3) is 0 Å². The van der Waals surface area contributed by atoms with Crippen molar-refractivity contribution < 1.29 is 14.8 Å². The topological polar surface area (TPSA) is 78.4 Å². The predicted octanol–water partition coefficient (Wildman–Crippen LogP) is 3.36. The van der Waals surface area contributed by atoms with Crippen LogP contribution < -0.4 is 10.8 Å². The number of hydrogen-bond acceptors (Lipinski definition) is 3. The summed E-state index contributed by atoms with van der Waals surface area (Å²) in [5, 5.41) is 11.4. The molecule has 120 valence electrons. The maximum Gasteiger partial charge on any atom is 0.274 e. The third-order valence-electron chi connectivity index (χ3n) is 3.50. The number of benzene rings is 2. The van der Waals surface area contributed by atoms with Crippen LogP contribution in [-0.2, 0) is 5.41 Å². The second-order valence-electron chi connectivity index (χ2n) is 6.30. The molecule has 2 rings (SSSR count). The van der Waals surface area contributed by atoms with E-state index < -0.39 is 5.91 Å². The fourth-order valence-electron chi connectivity index (χ4n) is 2.10. The molecule has 0 spiro atoms. The lowest BCUT2D eigenvalue weighted by Gasteiger charge is -2.19. The fraction of sp³-hybridized carbons (Fsp3) is 0.222. The molecular formula is C18H20N2O3. The minimum atomic E-state index is -0.597. The number of hydrogen-bond donors (Lipinski definition) is 3. The van der Waals surface area contributed by atoms with Gasteiger partial charge in [0.2, 0.25) is 0 Å². The second-order valence-corrected chi connectivity index (χ2v) is 6.30. The number of nitrogens with one attached hydrogen (secondary N) is 2. The van der Waals surface area contributed by atoms with Crippen LogP contribution in [0.15, 0.2) is 48.5 Å². The Labute approximate surface area is 135 Å². The highest BCUT2D eigenvalue weighted by atomic mass is 16.5. The first-order valence-corrected chi connectivity index (χ1v) is 7.27. The van der Waals surface area contributed by atoms with E-state index in [1.165, 1.54) is 12.1 Å². The second kappa shape index (κ2) is 6.62. The van der Waals surface area contributed by atoms with E-state index in [-0.39, 0.29) is 11.3 Å². The number of anilines is 1. The van der Waals surface area contributed by atoms with Crippen LogP contribution in [-0.4, -0.2) is 17.0 Å². The first kappa shape index (κ1) is 16.7. The van der Waals surface area contributed by atoms with Crippen molar-refractivity contribution in [3.05, 3.63) is 65.2 Å². The predicted molar refractivity (Wildman–Crippen MR) is 88.8 cm³/mol. The van der Waals surface area contributed by atoms with E-state index in [2.05, 4.69) is 26.1 Å². The highest BCUT2D eigenvalue weighted by Crippen LogP contribution is 2.23. The molecule has 2 aromatic carbocycles. The molecule has 0 unspecified atom stereocenters. The number of carbonyl (C=O) groups excluding carboxylic acids is 2. The van der Waals surface area contributed by atoms with E-state index in [0.29, 0.717) is 16.8 Å². The Morgan fingerprint density at radius 3 is 2.13 bits per heavy atom. The van der Waals surface area contributed by atoms with Gasteiger partial charge in [-0.15, -0.1) is 0 Å². The summed E-state index contributed by atoms with van der Waals surface area (Å²) < 4.78 is 0. The molecule has 0 bridgehead atoms. The van der Waals surface area contributed by atoms with Crippen molar-refractivity contribution >= 4 is 17.5 Å². The van der Waals surface area contributed by atoms with Crippen LogP contribution in [0.1, 0.15) is 47.1 Å². The molecule has 23 heavy (non-hydrogen) atoms. The Morgan fingerprint density at radius 1 is 0.913 bits per heavy atom. The number of rotatable bonds is 3. The van der Waals surface area contributed by atoms with Crippen molar-refractivity contribution in [2.24, 2.45) is 0 Å². The first-order valence-electron chi connectivity index (χ1n) is 7.27.